The van der Waals surface area contributed by atoms with Crippen LogP contribution in [0.3, 0.4) is 0 Å². The van der Waals surface area contributed by atoms with E-state index in [1.807, 2.05) is 0 Å². The monoisotopic (exact) mass is 211 g/mol. The minimum Gasteiger partial charge on any atom is -0.339 e. The van der Waals surface area contributed by atoms with Crippen LogP contribution in [0, 0.1) is 0 Å². The first-order valence-electron chi connectivity index (χ1n) is 5.53. The van der Waals surface area contributed by atoms with Crippen LogP contribution in [0.5, 0.6) is 0 Å². The van der Waals surface area contributed by atoms with Gasteiger partial charge < -0.3 is 9.42 Å². The molecule has 86 valence electrons. The molecule has 0 aliphatic rings. The molecule has 1 heterocycles. The second-order valence-electron chi connectivity index (χ2n) is 4.53. The van der Waals surface area contributed by atoms with E-state index in [1.54, 1.807) is 0 Å². The SMILES string of the molecule is CC(C)c1nc(CCN(C)C(C)C)no1. The second kappa shape index (κ2) is 5.26. The van der Waals surface area contributed by atoms with Gasteiger partial charge in [0.25, 0.3) is 0 Å². The molecule has 0 atom stereocenters. The summed E-state index contributed by atoms with van der Waals surface area (Å²) in [6.45, 7) is 9.43. The van der Waals surface area contributed by atoms with Crippen LogP contribution in [0.1, 0.15) is 45.3 Å². The summed E-state index contributed by atoms with van der Waals surface area (Å²) in [6, 6.07) is 0.557. The topological polar surface area (TPSA) is 42.2 Å². The van der Waals surface area contributed by atoms with Gasteiger partial charge in [-0.2, -0.15) is 4.98 Å². The Hall–Kier alpha value is -0.900. The Morgan fingerprint density at radius 2 is 1.93 bits per heavy atom. The van der Waals surface area contributed by atoms with E-state index in [1.165, 1.54) is 0 Å². The molecule has 0 unspecified atom stereocenters. The minimum absolute atomic E-state index is 0.314. The van der Waals surface area contributed by atoms with Crippen molar-refractivity contribution < 1.29 is 4.52 Å². The molecule has 0 saturated carbocycles. The largest absolute Gasteiger partial charge is 0.339 e. The van der Waals surface area contributed by atoms with Crippen LogP contribution in [-0.4, -0.2) is 34.7 Å². The third-order valence-electron chi connectivity index (χ3n) is 2.55. The summed E-state index contributed by atoms with van der Waals surface area (Å²) in [5, 5.41) is 3.96. The van der Waals surface area contributed by atoms with Crippen molar-refractivity contribution in [2.75, 3.05) is 13.6 Å². The van der Waals surface area contributed by atoms with Crippen molar-refractivity contribution >= 4 is 0 Å². The molecule has 0 spiro atoms. The molecule has 0 fully saturated rings. The van der Waals surface area contributed by atoms with Crippen LogP contribution < -0.4 is 0 Å². The van der Waals surface area contributed by atoms with Gasteiger partial charge in [-0.05, 0) is 20.9 Å². The molecule has 0 amide bonds. The maximum atomic E-state index is 5.14. The Bertz CT molecular complexity index is 294. The van der Waals surface area contributed by atoms with Gasteiger partial charge in [0.05, 0.1) is 0 Å². The lowest BCUT2D eigenvalue weighted by Crippen LogP contribution is -2.28. The van der Waals surface area contributed by atoms with Crippen molar-refractivity contribution in [1.82, 2.24) is 15.0 Å². The highest BCUT2D eigenvalue weighted by atomic mass is 16.5. The van der Waals surface area contributed by atoms with E-state index in [4.69, 9.17) is 4.52 Å². The van der Waals surface area contributed by atoms with Crippen molar-refractivity contribution in [3.8, 4) is 0 Å². The molecule has 1 aromatic rings. The first-order chi connectivity index (χ1) is 7.00. The van der Waals surface area contributed by atoms with Gasteiger partial charge in [-0.1, -0.05) is 19.0 Å². The van der Waals surface area contributed by atoms with Crippen LogP contribution >= 0.6 is 0 Å². The van der Waals surface area contributed by atoms with Crippen molar-refractivity contribution in [2.45, 2.75) is 46.1 Å². The van der Waals surface area contributed by atoms with Gasteiger partial charge in [0.15, 0.2) is 5.82 Å². The van der Waals surface area contributed by atoms with Crippen molar-refractivity contribution in [3.05, 3.63) is 11.7 Å². The van der Waals surface area contributed by atoms with Gasteiger partial charge in [-0.15, -0.1) is 0 Å². The first kappa shape index (κ1) is 12.2. The Labute approximate surface area is 91.7 Å². The molecule has 0 aliphatic heterocycles. The third-order valence-corrected chi connectivity index (χ3v) is 2.55. The summed E-state index contributed by atoms with van der Waals surface area (Å²) in [5.41, 5.74) is 0. The smallest absolute Gasteiger partial charge is 0.229 e. The maximum absolute atomic E-state index is 5.14. The summed E-state index contributed by atoms with van der Waals surface area (Å²) in [4.78, 5) is 6.61. The quantitative estimate of drug-likeness (QED) is 0.747. The van der Waals surface area contributed by atoms with E-state index in [0.29, 0.717) is 12.0 Å². The standard InChI is InChI=1S/C11H21N3O/c1-8(2)11-12-10(13-15-11)6-7-14(5)9(3)4/h8-9H,6-7H2,1-5H3. The number of hydrogen-bond acceptors (Lipinski definition) is 4. The molecule has 0 N–H and O–H groups in total. The Balaban J connectivity index is 2.44. The summed E-state index contributed by atoms with van der Waals surface area (Å²) in [6.07, 6.45) is 0.852. The number of aromatic nitrogens is 2. The predicted molar refractivity (Wildman–Crippen MR) is 59.9 cm³/mol. The fraction of sp³-hybridized carbons (Fsp3) is 0.818. The zero-order valence-electron chi connectivity index (χ0n) is 10.3. The number of nitrogens with zero attached hydrogens (tertiary/aromatic N) is 3. The highest BCUT2D eigenvalue weighted by Crippen LogP contribution is 2.11. The average molecular weight is 211 g/mol. The van der Waals surface area contributed by atoms with E-state index in [0.717, 1.165) is 24.7 Å². The third kappa shape index (κ3) is 3.63. The molecule has 4 heteroatoms. The molecule has 4 nitrogen and oxygen atoms in total. The molecule has 1 rings (SSSR count). The van der Waals surface area contributed by atoms with Gasteiger partial charge in [0, 0.05) is 24.9 Å². The van der Waals surface area contributed by atoms with E-state index in [9.17, 15) is 0 Å². The first-order valence-corrected chi connectivity index (χ1v) is 5.53. The van der Waals surface area contributed by atoms with Crippen LogP contribution in [0.4, 0.5) is 0 Å². The zero-order chi connectivity index (χ0) is 11.4. The maximum Gasteiger partial charge on any atom is 0.229 e. The Morgan fingerprint density at radius 1 is 1.27 bits per heavy atom. The number of likely N-dealkylation sites (N-methyl/N-ethyl adjacent to an activating group) is 1. The molecule has 15 heavy (non-hydrogen) atoms. The molecule has 1 aromatic heterocycles. The van der Waals surface area contributed by atoms with Gasteiger partial charge in [0.1, 0.15) is 0 Å². The summed E-state index contributed by atoms with van der Waals surface area (Å²) < 4.78 is 5.14. The lowest BCUT2D eigenvalue weighted by Gasteiger charge is -2.19. The van der Waals surface area contributed by atoms with Gasteiger partial charge in [0.2, 0.25) is 5.89 Å². The average Bonchev–Trinajstić information content (AvgIpc) is 2.62. The predicted octanol–water partition coefficient (Wildman–Crippen LogP) is 2.08. The van der Waals surface area contributed by atoms with Gasteiger partial charge >= 0.3 is 0 Å². The van der Waals surface area contributed by atoms with E-state index in [-0.39, 0.29) is 0 Å². The minimum atomic E-state index is 0.314. The highest BCUT2D eigenvalue weighted by molar-refractivity contribution is 4.91. The second-order valence-corrected chi connectivity index (χ2v) is 4.53. The molecular weight excluding hydrogens is 190 g/mol. The van der Waals surface area contributed by atoms with Gasteiger partial charge in [-0.25, -0.2) is 0 Å². The molecule has 0 bridgehead atoms. The summed E-state index contributed by atoms with van der Waals surface area (Å²) in [5.74, 6) is 1.86. The molecule has 0 aromatic carbocycles. The Kier molecular flexibility index (Phi) is 4.27. The highest BCUT2D eigenvalue weighted by Gasteiger charge is 2.10. The molecule has 0 radical (unpaired) electrons. The van der Waals surface area contributed by atoms with Gasteiger partial charge in [-0.3, -0.25) is 0 Å². The van der Waals surface area contributed by atoms with E-state index >= 15 is 0 Å². The molecular formula is C11H21N3O. The van der Waals surface area contributed by atoms with Crippen LogP contribution in [0.15, 0.2) is 4.52 Å². The lowest BCUT2D eigenvalue weighted by molar-refractivity contribution is 0.274. The zero-order valence-corrected chi connectivity index (χ0v) is 10.3. The van der Waals surface area contributed by atoms with E-state index < -0.39 is 0 Å². The van der Waals surface area contributed by atoms with Crippen molar-refractivity contribution in [2.24, 2.45) is 0 Å². The molecule has 0 aliphatic carbocycles. The van der Waals surface area contributed by atoms with Crippen LogP contribution in [0.25, 0.3) is 0 Å². The normalized spacial score (nSPS) is 12.0. The number of hydrogen-bond donors (Lipinski definition) is 0. The molecule has 0 saturated heterocycles. The van der Waals surface area contributed by atoms with Crippen LogP contribution in [-0.2, 0) is 6.42 Å². The fourth-order valence-electron chi connectivity index (χ4n) is 1.14. The summed E-state index contributed by atoms with van der Waals surface area (Å²) in [7, 11) is 2.11. The van der Waals surface area contributed by atoms with Crippen molar-refractivity contribution in [3.63, 3.8) is 0 Å². The van der Waals surface area contributed by atoms with E-state index in [2.05, 4.69) is 49.8 Å². The fourth-order valence-corrected chi connectivity index (χ4v) is 1.14. The Morgan fingerprint density at radius 3 is 2.40 bits per heavy atom. The van der Waals surface area contributed by atoms with Crippen molar-refractivity contribution in [1.29, 1.82) is 0 Å². The van der Waals surface area contributed by atoms with Crippen LogP contribution in [0.2, 0.25) is 0 Å². The lowest BCUT2D eigenvalue weighted by atomic mass is 10.2. The number of rotatable bonds is 5. The summed E-state index contributed by atoms with van der Waals surface area (Å²) >= 11 is 0.